The average Bonchev–Trinajstić information content (AvgIpc) is 2.59. The van der Waals surface area contributed by atoms with E-state index in [2.05, 4.69) is 4.98 Å². The molecular formula is C20H23FN2O2S. The van der Waals surface area contributed by atoms with Crippen molar-refractivity contribution >= 4 is 17.9 Å². The Morgan fingerprint density at radius 3 is 2.73 bits per heavy atom. The van der Waals surface area contributed by atoms with Gasteiger partial charge in [0.15, 0.2) is 5.82 Å². The van der Waals surface area contributed by atoms with Gasteiger partial charge in [0.1, 0.15) is 10.6 Å². The van der Waals surface area contributed by atoms with E-state index >= 15 is 0 Å². The summed E-state index contributed by atoms with van der Waals surface area (Å²) in [7, 11) is 0. The summed E-state index contributed by atoms with van der Waals surface area (Å²) in [6, 6.07) is 11.4. The second kappa shape index (κ2) is 7.66. The van der Waals surface area contributed by atoms with Gasteiger partial charge >= 0.3 is 6.09 Å². The van der Waals surface area contributed by atoms with Gasteiger partial charge in [0.05, 0.1) is 6.54 Å². The van der Waals surface area contributed by atoms with Crippen molar-refractivity contribution in [3.05, 3.63) is 59.0 Å². The summed E-state index contributed by atoms with van der Waals surface area (Å²) >= 11 is 1.40. The molecule has 1 aliphatic heterocycles. The quantitative estimate of drug-likeness (QED) is 0.724. The van der Waals surface area contributed by atoms with Crippen LogP contribution in [-0.2, 0) is 23.5 Å². The summed E-state index contributed by atoms with van der Waals surface area (Å²) in [4.78, 5) is 18.3. The van der Waals surface area contributed by atoms with Crippen molar-refractivity contribution in [2.24, 2.45) is 0 Å². The minimum atomic E-state index is -0.543. The number of aromatic nitrogens is 1. The molecule has 2 aromatic rings. The molecule has 0 saturated heterocycles. The Hall–Kier alpha value is -2.08. The summed E-state index contributed by atoms with van der Waals surface area (Å²) in [5.74, 6) is 0.337. The van der Waals surface area contributed by atoms with E-state index in [0.717, 1.165) is 16.8 Å². The van der Waals surface area contributed by atoms with Gasteiger partial charge < -0.3 is 9.64 Å². The molecule has 1 aromatic carbocycles. The van der Waals surface area contributed by atoms with E-state index in [1.807, 2.05) is 51.1 Å². The molecule has 0 spiro atoms. The predicted molar refractivity (Wildman–Crippen MR) is 101 cm³/mol. The average molecular weight is 374 g/mol. The lowest BCUT2D eigenvalue weighted by molar-refractivity contribution is 0.0222. The Bertz CT molecular complexity index is 790. The zero-order chi connectivity index (χ0) is 18.7. The van der Waals surface area contributed by atoms with E-state index in [1.54, 1.807) is 4.90 Å². The summed E-state index contributed by atoms with van der Waals surface area (Å²) in [5, 5.41) is 0.415. The number of hydrogen-bond acceptors (Lipinski definition) is 4. The van der Waals surface area contributed by atoms with Crippen LogP contribution in [0.5, 0.6) is 0 Å². The smallest absolute Gasteiger partial charge is 0.410 e. The molecule has 26 heavy (non-hydrogen) atoms. The maximum Gasteiger partial charge on any atom is 0.410 e. The van der Waals surface area contributed by atoms with Gasteiger partial charge in [-0.05, 0) is 38.0 Å². The van der Waals surface area contributed by atoms with Gasteiger partial charge in [-0.3, -0.25) is 0 Å². The number of rotatable bonds is 3. The number of amides is 1. The van der Waals surface area contributed by atoms with Crippen molar-refractivity contribution in [1.29, 1.82) is 0 Å². The van der Waals surface area contributed by atoms with E-state index in [9.17, 15) is 9.18 Å². The van der Waals surface area contributed by atoms with E-state index in [1.165, 1.54) is 17.8 Å². The summed E-state index contributed by atoms with van der Waals surface area (Å²) in [5.41, 5.74) is 2.21. The van der Waals surface area contributed by atoms with Crippen molar-refractivity contribution in [2.75, 3.05) is 6.54 Å². The molecule has 0 radical (unpaired) electrons. The Morgan fingerprint density at radius 1 is 1.31 bits per heavy atom. The maximum absolute atomic E-state index is 14.5. The highest BCUT2D eigenvalue weighted by atomic mass is 32.2. The van der Waals surface area contributed by atoms with E-state index < -0.39 is 5.60 Å². The zero-order valence-corrected chi connectivity index (χ0v) is 16.1. The number of fused-ring (bicyclic) bond motifs is 1. The fraction of sp³-hybridized carbons (Fsp3) is 0.400. The highest BCUT2D eigenvalue weighted by Crippen LogP contribution is 2.28. The van der Waals surface area contributed by atoms with Crippen LogP contribution in [0, 0.1) is 5.82 Å². The Morgan fingerprint density at radius 2 is 2.04 bits per heavy atom. The van der Waals surface area contributed by atoms with Crippen molar-refractivity contribution in [2.45, 2.75) is 50.1 Å². The molecule has 1 aliphatic rings. The van der Waals surface area contributed by atoms with Crippen LogP contribution in [0.1, 0.15) is 37.6 Å². The standard InChI is InChI=1S/C20H23FN2O2S/c1-20(2,3)25-19(24)23-10-9-17-15(12-23)11-16(21)18(22-17)26-13-14-7-5-4-6-8-14/h4-8,11H,9-10,12-13H2,1-3H3. The molecule has 4 nitrogen and oxygen atoms in total. The van der Waals surface area contributed by atoms with E-state index in [-0.39, 0.29) is 11.9 Å². The number of carbonyl (C=O) groups is 1. The number of pyridine rings is 1. The van der Waals surface area contributed by atoms with Gasteiger partial charge in [-0.1, -0.05) is 42.1 Å². The predicted octanol–water partition coefficient (Wildman–Crippen LogP) is 4.81. The number of benzene rings is 1. The lowest BCUT2D eigenvalue weighted by Crippen LogP contribution is -2.40. The van der Waals surface area contributed by atoms with Crippen LogP contribution >= 0.6 is 11.8 Å². The molecule has 0 saturated carbocycles. The van der Waals surface area contributed by atoms with Gasteiger partial charge in [0, 0.05) is 24.4 Å². The van der Waals surface area contributed by atoms with Crippen molar-refractivity contribution < 1.29 is 13.9 Å². The molecule has 1 aromatic heterocycles. The van der Waals surface area contributed by atoms with Crippen LogP contribution in [0.3, 0.4) is 0 Å². The van der Waals surface area contributed by atoms with Crippen molar-refractivity contribution in [3.63, 3.8) is 0 Å². The number of hydrogen-bond donors (Lipinski definition) is 0. The highest BCUT2D eigenvalue weighted by Gasteiger charge is 2.27. The normalized spacial score (nSPS) is 14.1. The second-order valence-corrected chi connectivity index (χ2v) is 8.27. The van der Waals surface area contributed by atoms with Gasteiger partial charge in [-0.15, -0.1) is 0 Å². The Balaban J connectivity index is 1.69. The number of thioether (sulfide) groups is 1. The molecule has 2 heterocycles. The first-order valence-electron chi connectivity index (χ1n) is 8.65. The summed E-state index contributed by atoms with van der Waals surface area (Å²) in [6.07, 6.45) is 0.236. The third kappa shape index (κ3) is 4.75. The zero-order valence-electron chi connectivity index (χ0n) is 15.3. The molecule has 3 rings (SSSR count). The summed E-state index contributed by atoms with van der Waals surface area (Å²) in [6.45, 7) is 6.36. The van der Waals surface area contributed by atoms with Gasteiger partial charge in [-0.2, -0.15) is 0 Å². The van der Waals surface area contributed by atoms with E-state index in [0.29, 0.717) is 30.3 Å². The molecule has 0 aliphatic carbocycles. The Kier molecular flexibility index (Phi) is 5.51. The van der Waals surface area contributed by atoms with Crippen molar-refractivity contribution in [3.8, 4) is 0 Å². The molecule has 0 atom stereocenters. The van der Waals surface area contributed by atoms with Gasteiger partial charge in [-0.25, -0.2) is 14.2 Å². The van der Waals surface area contributed by atoms with Crippen LogP contribution in [0.2, 0.25) is 0 Å². The highest BCUT2D eigenvalue weighted by molar-refractivity contribution is 7.98. The first kappa shape index (κ1) is 18.7. The maximum atomic E-state index is 14.5. The number of halogens is 1. The van der Waals surface area contributed by atoms with Crippen LogP contribution in [0.4, 0.5) is 9.18 Å². The largest absolute Gasteiger partial charge is 0.444 e. The second-order valence-electron chi connectivity index (χ2n) is 7.31. The molecule has 0 N–H and O–H groups in total. The molecular weight excluding hydrogens is 351 g/mol. The Labute approximate surface area is 157 Å². The van der Waals surface area contributed by atoms with E-state index in [4.69, 9.17) is 4.74 Å². The van der Waals surface area contributed by atoms with Crippen molar-refractivity contribution in [1.82, 2.24) is 9.88 Å². The van der Waals surface area contributed by atoms with Crippen LogP contribution in [0.15, 0.2) is 41.4 Å². The number of carbonyl (C=O) groups excluding carboxylic acids is 1. The summed E-state index contributed by atoms with van der Waals surface area (Å²) < 4.78 is 19.9. The molecule has 138 valence electrons. The minimum Gasteiger partial charge on any atom is -0.444 e. The van der Waals surface area contributed by atoms with Gasteiger partial charge in [0.25, 0.3) is 0 Å². The monoisotopic (exact) mass is 374 g/mol. The van der Waals surface area contributed by atoms with Crippen LogP contribution in [0.25, 0.3) is 0 Å². The molecule has 0 fully saturated rings. The molecule has 0 bridgehead atoms. The molecule has 6 heteroatoms. The third-order valence-electron chi connectivity index (χ3n) is 3.96. The first-order valence-corrected chi connectivity index (χ1v) is 9.63. The first-order chi connectivity index (χ1) is 12.3. The van der Waals surface area contributed by atoms with Crippen LogP contribution in [-0.4, -0.2) is 28.1 Å². The molecule has 1 amide bonds. The third-order valence-corrected chi connectivity index (χ3v) is 5.00. The topological polar surface area (TPSA) is 42.4 Å². The SMILES string of the molecule is CC(C)(C)OC(=O)N1CCc2nc(SCc3ccccc3)c(F)cc2C1. The fourth-order valence-corrected chi connectivity index (χ4v) is 3.60. The van der Waals surface area contributed by atoms with Crippen LogP contribution < -0.4 is 0 Å². The number of ether oxygens (including phenoxy) is 1. The fourth-order valence-electron chi connectivity index (χ4n) is 2.73. The minimum absolute atomic E-state index is 0.331. The van der Waals surface area contributed by atoms with Gasteiger partial charge in [0.2, 0.25) is 0 Å². The molecule has 0 unspecified atom stereocenters. The number of nitrogens with zero attached hydrogens (tertiary/aromatic N) is 2. The lowest BCUT2D eigenvalue weighted by atomic mass is 10.1. The lowest BCUT2D eigenvalue weighted by Gasteiger charge is -2.31.